The number of alkyl halides is 3. The van der Waals surface area contributed by atoms with Gasteiger partial charge in [0, 0.05) is 11.8 Å². The molecule has 6 nitrogen and oxygen atoms in total. The third-order valence-corrected chi connectivity index (χ3v) is 4.99. The number of hydrogen-bond acceptors (Lipinski definition) is 4. The number of pyridine rings is 1. The summed E-state index contributed by atoms with van der Waals surface area (Å²) in [5.74, 6) is -2.98. The molecule has 2 N–H and O–H groups in total. The summed E-state index contributed by atoms with van der Waals surface area (Å²) in [5, 5.41) is 2.48. The predicted octanol–water partition coefficient (Wildman–Crippen LogP) is 4.59. The molecule has 0 saturated heterocycles. The van der Waals surface area contributed by atoms with Crippen LogP contribution in [0.5, 0.6) is 0 Å². The third kappa shape index (κ3) is 7.52. The summed E-state index contributed by atoms with van der Waals surface area (Å²) >= 11 is 0. The van der Waals surface area contributed by atoms with Crippen molar-refractivity contribution in [3.63, 3.8) is 0 Å². The molecule has 33 heavy (non-hydrogen) atoms. The summed E-state index contributed by atoms with van der Waals surface area (Å²) < 4.78 is 91.2. The second-order valence-corrected chi connectivity index (χ2v) is 9.03. The first-order valence-corrected chi connectivity index (χ1v) is 11.6. The van der Waals surface area contributed by atoms with Gasteiger partial charge in [0.15, 0.2) is 11.6 Å². The maximum atomic E-state index is 14.2. The van der Waals surface area contributed by atoms with Gasteiger partial charge in [-0.3, -0.25) is 9.52 Å². The number of nitrogens with one attached hydrogen (secondary N) is 2. The molecule has 0 spiro atoms. The number of amides is 1. The lowest BCUT2D eigenvalue weighted by Gasteiger charge is -2.15. The van der Waals surface area contributed by atoms with E-state index in [9.17, 15) is 35.2 Å². The fourth-order valence-electron chi connectivity index (χ4n) is 2.89. The number of sulfonamides is 1. The highest BCUT2D eigenvalue weighted by atomic mass is 32.2. The number of rotatable bonds is 8. The summed E-state index contributed by atoms with van der Waals surface area (Å²) in [6, 6.07) is 2.93. The summed E-state index contributed by atoms with van der Waals surface area (Å²) in [6.45, 7) is 3.23. The molecule has 0 fully saturated rings. The Labute approximate surface area is 188 Å². The highest BCUT2D eigenvalue weighted by Crippen LogP contribution is 2.29. The lowest BCUT2D eigenvalue weighted by molar-refractivity contribution is -0.141. The Balaban J connectivity index is 2.18. The zero-order valence-corrected chi connectivity index (χ0v) is 18.7. The van der Waals surface area contributed by atoms with Crippen molar-refractivity contribution >= 4 is 27.7 Å². The number of halogens is 5. The van der Waals surface area contributed by atoms with Gasteiger partial charge < -0.3 is 5.32 Å². The van der Waals surface area contributed by atoms with Crippen LogP contribution in [0.25, 0.3) is 6.08 Å². The first-order chi connectivity index (χ1) is 15.2. The van der Waals surface area contributed by atoms with Crippen LogP contribution in [0.15, 0.2) is 30.3 Å². The molecule has 1 heterocycles. The van der Waals surface area contributed by atoms with Crippen molar-refractivity contribution in [2.24, 2.45) is 0 Å². The quantitative estimate of drug-likeness (QED) is 0.418. The van der Waals surface area contributed by atoms with Crippen molar-refractivity contribution in [2.75, 3.05) is 11.0 Å². The van der Waals surface area contributed by atoms with Crippen molar-refractivity contribution in [3.8, 4) is 0 Å². The van der Waals surface area contributed by atoms with Crippen molar-refractivity contribution in [3.05, 3.63) is 64.5 Å². The monoisotopic (exact) mass is 491 g/mol. The van der Waals surface area contributed by atoms with Crippen LogP contribution in [0.4, 0.5) is 27.6 Å². The fourth-order valence-corrected chi connectivity index (χ4v) is 3.46. The van der Waals surface area contributed by atoms with Crippen LogP contribution in [0, 0.1) is 11.6 Å². The molecule has 2 aromatic rings. The SMILES string of the molecule is CCCc1nc(C(F)(F)F)ccc1/C=C\C(=O)NC(C)c1cc(F)c(NS(C)(=O)=O)c(F)c1. The van der Waals surface area contributed by atoms with Crippen LogP contribution in [0.1, 0.15) is 48.8 Å². The Morgan fingerprint density at radius 2 is 1.79 bits per heavy atom. The highest BCUT2D eigenvalue weighted by molar-refractivity contribution is 7.92. The van der Waals surface area contributed by atoms with Gasteiger partial charge in [-0.25, -0.2) is 22.2 Å². The van der Waals surface area contributed by atoms with E-state index in [4.69, 9.17) is 0 Å². The summed E-state index contributed by atoms with van der Waals surface area (Å²) in [5.41, 5.74) is -1.31. The molecule has 1 aromatic heterocycles. The molecule has 0 aliphatic rings. The van der Waals surface area contributed by atoms with Gasteiger partial charge in [-0.15, -0.1) is 0 Å². The second kappa shape index (κ2) is 10.3. The number of aromatic nitrogens is 1. The lowest BCUT2D eigenvalue weighted by atomic mass is 10.1. The van der Waals surface area contributed by atoms with E-state index in [1.165, 1.54) is 19.1 Å². The van der Waals surface area contributed by atoms with E-state index in [0.29, 0.717) is 12.0 Å². The van der Waals surface area contributed by atoms with Crippen LogP contribution >= 0.6 is 0 Å². The van der Waals surface area contributed by atoms with E-state index in [-0.39, 0.29) is 17.7 Å². The predicted molar refractivity (Wildman–Crippen MR) is 114 cm³/mol. The molecule has 1 unspecified atom stereocenters. The molecule has 1 atom stereocenters. The molecular weight excluding hydrogens is 469 g/mol. The molecule has 0 saturated carbocycles. The first-order valence-electron chi connectivity index (χ1n) is 9.73. The van der Waals surface area contributed by atoms with Gasteiger partial charge in [-0.2, -0.15) is 13.2 Å². The summed E-state index contributed by atoms with van der Waals surface area (Å²) in [4.78, 5) is 15.9. The minimum atomic E-state index is -4.59. The molecule has 180 valence electrons. The number of nitrogens with zero attached hydrogens (tertiary/aromatic N) is 1. The van der Waals surface area contributed by atoms with Gasteiger partial charge >= 0.3 is 6.18 Å². The number of carbonyl (C=O) groups is 1. The van der Waals surface area contributed by atoms with E-state index in [0.717, 1.165) is 30.5 Å². The third-order valence-electron chi connectivity index (χ3n) is 4.41. The minimum absolute atomic E-state index is 0.0358. The van der Waals surface area contributed by atoms with Crippen LogP contribution in [-0.2, 0) is 27.4 Å². The number of anilines is 1. The van der Waals surface area contributed by atoms with Crippen LogP contribution in [0.2, 0.25) is 0 Å². The van der Waals surface area contributed by atoms with Gasteiger partial charge in [0.2, 0.25) is 15.9 Å². The Kier molecular flexibility index (Phi) is 8.17. The minimum Gasteiger partial charge on any atom is -0.346 e. The fraction of sp³-hybridized carbons (Fsp3) is 0.333. The molecule has 1 amide bonds. The average molecular weight is 491 g/mol. The number of carbonyl (C=O) groups excluding carboxylic acids is 1. The van der Waals surface area contributed by atoms with Crippen molar-refractivity contribution in [1.82, 2.24) is 10.3 Å². The molecule has 0 bridgehead atoms. The topological polar surface area (TPSA) is 88.2 Å². The number of hydrogen-bond donors (Lipinski definition) is 2. The molecule has 0 aliphatic carbocycles. The maximum Gasteiger partial charge on any atom is 0.433 e. The van der Waals surface area contributed by atoms with Gasteiger partial charge in [0.1, 0.15) is 11.4 Å². The van der Waals surface area contributed by atoms with E-state index >= 15 is 0 Å². The Bertz CT molecular complexity index is 1140. The van der Waals surface area contributed by atoms with E-state index < -0.39 is 51.2 Å². The lowest BCUT2D eigenvalue weighted by Crippen LogP contribution is -2.25. The molecule has 2 rings (SSSR count). The Morgan fingerprint density at radius 1 is 1.18 bits per heavy atom. The van der Waals surface area contributed by atoms with Crippen LogP contribution in [0.3, 0.4) is 0 Å². The molecule has 0 radical (unpaired) electrons. The zero-order chi connectivity index (χ0) is 25.0. The molecule has 1 aromatic carbocycles. The van der Waals surface area contributed by atoms with Crippen molar-refractivity contribution < 1.29 is 35.2 Å². The summed E-state index contributed by atoms with van der Waals surface area (Å²) in [7, 11) is -3.90. The van der Waals surface area contributed by atoms with Crippen LogP contribution < -0.4 is 10.0 Å². The first kappa shape index (κ1) is 26.2. The van der Waals surface area contributed by atoms with E-state index in [2.05, 4.69) is 10.3 Å². The number of aryl methyl sites for hydroxylation is 1. The zero-order valence-electron chi connectivity index (χ0n) is 17.9. The van der Waals surface area contributed by atoms with E-state index in [1.54, 1.807) is 11.6 Å². The molecule has 12 heteroatoms. The van der Waals surface area contributed by atoms with Crippen molar-refractivity contribution in [1.29, 1.82) is 0 Å². The smallest absolute Gasteiger partial charge is 0.346 e. The standard InChI is InChI=1S/C21H22F5N3O3S/c1-4-5-17-13(6-8-18(28-17)21(24,25)26)7-9-19(30)27-12(2)14-10-15(22)20(16(23)11-14)29-33(3,31)32/h6-12,29H,4-5H2,1-3H3,(H,27,30)/b9-7-. The highest BCUT2D eigenvalue weighted by Gasteiger charge is 2.32. The summed E-state index contributed by atoms with van der Waals surface area (Å²) in [6.07, 6.45) is -0.651. The molecular formula is C21H22F5N3O3S. The largest absolute Gasteiger partial charge is 0.433 e. The Hall–Kier alpha value is -3.02. The normalized spacial score (nSPS) is 13.2. The van der Waals surface area contributed by atoms with Crippen LogP contribution in [-0.4, -0.2) is 25.6 Å². The number of benzene rings is 1. The van der Waals surface area contributed by atoms with E-state index in [1.807, 2.05) is 0 Å². The average Bonchev–Trinajstić information content (AvgIpc) is 2.68. The molecule has 0 aliphatic heterocycles. The second-order valence-electron chi connectivity index (χ2n) is 7.28. The van der Waals surface area contributed by atoms with Gasteiger partial charge in [-0.05, 0) is 48.7 Å². The van der Waals surface area contributed by atoms with Gasteiger partial charge in [0.05, 0.1) is 12.3 Å². The maximum absolute atomic E-state index is 14.2. The van der Waals surface area contributed by atoms with Gasteiger partial charge in [0.25, 0.3) is 0 Å². The van der Waals surface area contributed by atoms with Gasteiger partial charge in [-0.1, -0.05) is 19.4 Å². The Morgan fingerprint density at radius 3 is 2.30 bits per heavy atom. The van der Waals surface area contributed by atoms with Crippen molar-refractivity contribution in [2.45, 2.75) is 38.9 Å².